The summed E-state index contributed by atoms with van der Waals surface area (Å²) in [5.74, 6) is -2.77. The van der Waals surface area contributed by atoms with Gasteiger partial charge in [-0.3, -0.25) is 14.3 Å². The molecule has 10 nitrogen and oxygen atoms in total. The van der Waals surface area contributed by atoms with Crippen molar-refractivity contribution < 1.29 is 27.5 Å². The van der Waals surface area contributed by atoms with Crippen LogP contribution in [0.3, 0.4) is 0 Å². The molecule has 0 saturated carbocycles. The predicted molar refractivity (Wildman–Crippen MR) is 103 cm³/mol. The highest BCUT2D eigenvalue weighted by Gasteiger charge is 2.27. The van der Waals surface area contributed by atoms with Crippen molar-refractivity contribution in [1.82, 2.24) is 9.97 Å². The van der Waals surface area contributed by atoms with Gasteiger partial charge in [0, 0.05) is 17.3 Å². The first kappa shape index (κ1) is 21.2. The molecule has 0 atom stereocenters. The van der Waals surface area contributed by atoms with Crippen molar-refractivity contribution >= 4 is 50.6 Å². The van der Waals surface area contributed by atoms with Crippen LogP contribution in [-0.2, 0) is 29.1 Å². The van der Waals surface area contributed by atoms with Gasteiger partial charge in [-0.15, -0.1) is 0 Å². The zero-order valence-corrected chi connectivity index (χ0v) is 16.4. The number of hydrogen-bond acceptors (Lipinski definition) is 9. The fraction of sp³-hybridized carbons (Fsp3) is 0.353. The number of esters is 2. The number of nitrogens with one attached hydrogen (secondary N) is 1. The number of carbonyl (C=O) groups is 2. The molecule has 1 N–H and O–H groups in total. The molecular weight excluding hydrogens is 388 g/mol. The molecule has 0 radical (unpaired) electrons. The lowest BCUT2D eigenvalue weighted by Crippen LogP contribution is -2.29. The van der Waals surface area contributed by atoms with Crippen LogP contribution >= 0.6 is 0 Å². The van der Waals surface area contributed by atoms with Gasteiger partial charge in [-0.2, -0.15) is 0 Å². The second-order valence-corrected chi connectivity index (χ2v) is 7.31. The van der Waals surface area contributed by atoms with Gasteiger partial charge in [0.25, 0.3) is 0 Å². The number of fused-ring (bicyclic) bond motifs is 1. The summed E-state index contributed by atoms with van der Waals surface area (Å²) in [6.45, 7) is 3.43. The van der Waals surface area contributed by atoms with Crippen LogP contribution in [0, 0.1) is 5.92 Å². The van der Waals surface area contributed by atoms with Crippen molar-refractivity contribution in [1.29, 1.82) is 0 Å². The second-order valence-electron chi connectivity index (χ2n) is 5.56. The van der Waals surface area contributed by atoms with Gasteiger partial charge in [0.05, 0.1) is 25.0 Å². The molecule has 150 valence electrons. The Morgan fingerprint density at radius 1 is 1.18 bits per heavy atom. The molecule has 0 aliphatic carbocycles. The van der Waals surface area contributed by atoms with Gasteiger partial charge in [-0.1, -0.05) is 0 Å². The van der Waals surface area contributed by atoms with Crippen molar-refractivity contribution in [2.24, 2.45) is 10.9 Å². The van der Waals surface area contributed by atoms with E-state index in [9.17, 15) is 18.0 Å². The molecule has 0 saturated heterocycles. The van der Waals surface area contributed by atoms with Crippen LogP contribution in [0.15, 0.2) is 29.5 Å². The molecule has 2 aromatic rings. The summed E-state index contributed by atoms with van der Waals surface area (Å²) in [6, 6.07) is 4.65. The summed E-state index contributed by atoms with van der Waals surface area (Å²) in [4.78, 5) is 36.3. The third kappa shape index (κ3) is 5.71. The molecule has 0 unspecified atom stereocenters. The smallest absolute Gasteiger partial charge is 0.325 e. The number of nitrogens with zero attached hydrogens (tertiary/aromatic N) is 3. The largest absolute Gasteiger partial charge is 0.465 e. The lowest BCUT2D eigenvalue weighted by atomic mass is 10.1. The summed E-state index contributed by atoms with van der Waals surface area (Å²) in [6.07, 6.45) is 3.39. The van der Waals surface area contributed by atoms with Crippen molar-refractivity contribution in [3.8, 4) is 0 Å². The van der Waals surface area contributed by atoms with Gasteiger partial charge < -0.3 is 9.47 Å². The minimum Gasteiger partial charge on any atom is -0.465 e. The molecule has 0 aliphatic heterocycles. The Morgan fingerprint density at radius 3 is 2.39 bits per heavy atom. The zero-order valence-electron chi connectivity index (χ0n) is 15.6. The average molecular weight is 408 g/mol. The van der Waals surface area contributed by atoms with Gasteiger partial charge in [0.1, 0.15) is 6.33 Å². The third-order valence-corrected chi connectivity index (χ3v) is 3.95. The summed E-state index contributed by atoms with van der Waals surface area (Å²) in [7, 11) is -3.47. The molecule has 0 bridgehead atoms. The van der Waals surface area contributed by atoms with E-state index in [2.05, 4.69) is 19.7 Å². The van der Waals surface area contributed by atoms with Crippen LogP contribution in [0.5, 0.6) is 0 Å². The minimum absolute atomic E-state index is 0.0968. The van der Waals surface area contributed by atoms with E-state index in [1.807, 2.05) is 0 Å². The molecule has 0 fully saturated rings. The maximum absolute atomic E-state index is 12.0. The van der Waals surface area contributed by atoms with E-state index in [0.717, 1.165) is 12.5 Å². The fourth-order valence-electron chi connectivity index (χ4n) is 2.25. The van der Waals surface area contributed by atoms with E-state index < -0.39 is 27.9 Å². The average Bonchev–Trinajstić information content (AvgIpc) is 2.61. The Morgan fingerprint density at radius 2 is 1.82 bits per heavy atom. The topological polar surface area (TPSA) is 137 Å². The molecule has 0 amide bonds. The van der Waals surface area contributed by atoms with Gasteiger partial charge >= 0.3 is 11.9 Å². The van der Waals surface area contributed by atoms with E-state index in [0.29, 0.717) is 16.6 Å². The lowest BCUT2D eigenvalue weighted by molar-refractivity contribution is -0.157. The van der Waals surface area contributed by atoms with Gasteiger partial charge in [0.15, 0.2) is 11.7 Å². The Bertz CT molecular complexity index is 988. The Balaban J connectivity index is 2.42. The second kappa shape index (κ2) is 9.22. The first-order chi connectivity index (χ1) is 13.2. The maximum Gasteiger partial charge on any atom is 0.325 e. The number of ether oxygens (including phenoxy) is 2. The van der Waals surface area contributed by atoms with Gasteiger partial charge in [0.2, 0.25) is 10.0 Å². The summed E-state index contributed by atoms with van der Waals surface area (Å²) < 4.78 is 35.0. The number of carbonyl (C=O) groups excluding carboxylic acids is 2. The van der Waals surface area contributed by atoms with Crippen LogP contribution in [0.1, 0.15) is 13.8 Å². The normalized spacial score (nSPS) is 11.7. The molecule has 1 aromatic heterocycles. The number of anilines is 1. The summed E-state index contributed by atoms with van der Waals surface area (Å²) >= 11 is 0. The number of aliphatic imine (C=N–C) groups is 1. The van der Waals surface area contributed by atoms with Crippen molar-refractivity contribution in [2.45, 2.75) is 13.8 Å². The highest BCUT2D eigenvalue weighted by molar-refractivity contribution is 7.92. The Hall–Kier alpha value is -3.08. The maximum atomic E-state index is 12.0. The van der Waals surface area contributed by atoms with E-state index in [1.54, 1.807) is 26.0 Å². The Kier molecular flexibility index (Phi) is 6.99. The predicted octanol–water partition coefficient (Wildman–Crippen LogP) is 1.45. The molecular formula is C17H20N4O6S. The number of benzene rings is 1. The Labute approximate surface area is 162 Å². The summed E-state index contributed by atoms with van der Waals surface area (Å²) in [5, 5.41) is 0.430. The van der Waals surface area contributed by atoms with E-state index in [1.165, 1.54) is 12.4 Å². The number of aromatic nitrogens is 2. The molecule has 2 rings (SSSR count). The molecule has 28 heavy (non-hydrogen) atoms. The quantitative estimate of drug-likeness (QED) is 0.394. The minimum atomic E-state index is -3.47. The standard InChI is InChI=1S/C17H20N4O6S/c1-4-26-16(22)13(17(23)27-5-2)9-18-15-12-8-11(21-28(3,24)25)6-7-14(12)19-10-20-15/h6-10,13,21H,4-5H2,1-3H3. The van der Waals surface area contributed by atoms with Gasteiger partial charge in [-0.05, 0) is 32.0 Å². The highest BCUT2D eigenvalue weighted by atomic mass is 32.2. The third-order valence-electron chi connectivity index (χ3n) is 3.34. The summed E-state index contributed by atoms with van der Waals surface area (Å²) in [5.41, 5.74) is 0.804. The van der Waals surface area contributed by atoms with E-state index >= 15 is 0 Å². The number of sulfonamides is 1. The van der Waals surface area contributed by atoms with Crippen LogP contribution < -0.4 is 4.72 Å². The SMILES string of the molecule is CCOC(=O)C(C=Nc1ncnc2ccc(NS(C)(=O)=O)cc12)C(=O)OCC. The van der Waals surface area contributed by atoms with Crippen molar-refractivity contribution in [3.63, 3.8) is 0 Å². The van der Waals surface area contributed by atoms with Crippen molar-refractivity contribution in [3.05, 3.63) is 24.5 Å². The number of hydrogen-bond donors (Lipinski definition) is 1. The first-order valence-corrected chi connectivity index (χ1v) is 10.2. The first-order valence-electron chi connectivity index (χ1n) is 8.35. The lowest BCUT2D eigenvalue weighted by Gasteiger charge is -2.10. The number of rotatable bonds is 8. The van der Waals surface area contributed by atoms with Crippen LogP contribution in [0.2, 0.25) is 0 Å². The molecule has 1 heterocycles. The van der Waals surface area contributed by atoms with Crippen LogP contribution in [0.4, 0.5) is 11.5 Å². The van der Waals surface area contributed by atoms with Gasteiger partial charge in [-0.25, -0.2) is 23.4 Å². The molecule has 0 aliphatic rings. The van der Waals surface area contributed by atoms with E-state index in [4.69, 9.17) is 9.47 Å². The molecule has 11 heteroatoms. The van der Waals surface area contributed by atoms with Crippen LogP contribution in [0.25, 0.3) is 10.9 Å². The highest BCUT2D eigenvalue weighted by Crippen LogP contribution is 2.25. The monoisotopic (exact) mass is 408 g/mol. The van der Waals surface area contributed by atoms with E-state index in [-0.39, 0.29) is 19.0 Å². The fourth-order valence-corrected chi connectivity index (χ4v) is 2.81. The molecule has 1 aromatic carbocycles. The van der Waals surface area contributed by atoms with Crippen LogP contribution in [-0.4, -0.2) is 56.0 Å². The molecule has 0 spiro atoms. The zero-order chi connectivity index (χ0) is 20.7. The van der Waals surface area contributed by atoms with Crippen molar-refractivity contribution in [2.75, 3.05) is 24.2 Å².